The Labute approximate surface area is 93.1 Å². The molecule has 1 aromatic rings. The van der Waals surface area contributed by atoms with Gasteiger partial charge in [-0.2, -0.15) is 0 Å². The Hall–Kier alpha value is -0.860. The van der Waals surface area contributed by atoms with Crippen LogP contribution in [-0.4, -0.2) is 24.5 Å². The molecular formula is C13H22N2. The normalized spacial score (nSPS) is 17.5. The Morgan fingerprint density at radius 2 is 1.80 bits per heavy atom. The summed E-state index contributed by atoms with van der Waals surface area (Å²) in [7, 11) is 4.18. The predicted molar refractivity (Wildman–Crippen MR) is 65.8 cm³/mol. The first-order chi connectivity index (χ1) is 7.02. The first kappa shape index (κ1) is 12.2. The van der Waals surface area contributed by atoms with Gasteiger partial charge in [-0.1, -0.05) is 37.3 Å². The molecule has 0 aliphatic rings. The van der Waals surface area contributed by atoms with E-state index in [9.17, 15) is 0 Å². The van der Waals surface area contributed by atoms with Crippen LogP contribution in [-0.2, 0) is 0 Å². The van der Waals surface area contributed by atoms with Crippen LogP contribution in [0.5, 0.6) is 0 Å². The van der Waals surface area contributed by atoms with E-state index in [4.69, 9.17) is 5.73 Å². The molecule has 2 N–H and O–H groups in total. The Morgan fingerprint density at radius 1 is 1.27 bits per heavy atom. The average molecular weight is 206 g/mol. The zero-order valence-electron chi connectivity index (χ0n) is 10.2. The maximum atomic E-state index is 6.34. The summed E-state index contributed by atoms with van der Waals surface area (Å²) in [5.41, 5.74) is 7.56. The Bertz CT molecular complexity index is 295. The van der Waals surface area contributed by atoms with Crippen LogP contribution in [0.25, 0.3) is 0 Å². The van der Waals surface area contributed by atoms with Crippen molar-refractivity contribution in [2.45, 2.75) is 31.8 Å². The maximum Gasteiger partial charge on any atom is 0.0479 e. The largest absolute Gasteiger partial charge is 0.322 e. The molecular weight excluding hydrogens is 184 g/mol. The first-order valence-electron chi connectivity index (χ1n) is 5.50. The highest BCUT2D eigenvalue weighted by atomic mass is 15.2. The molecule has 2 nitrogen and oxygen atoms in total. The molecule has 0 aliphatic heterocycles. The van der Waals surface area contributed by atoms with Crippen molar-refractivity contribution in [2.75, 3.05) is 14.1 Å². The Morgan fingerprint density at radius 3 is 2.20 bits per heavy atom. The van der Waals surface area contributed by atoms with Crippen LogP contribution in [0.15, 0.2) is 30.3 Å². The Balaban J connectivity index is 2.97. The second-order valence-corrected chi connectivity index (χ2v) is 4.49. The van der Waals surface area contributed by atoms with Gasteiger partial charge in [-0.25, -0.2) is 0 Å². The summed E-state index contributed by atoms with van der Waals surface area (Å²) in [6.07, 6.45) is 1.04. The molecule has 84 valence electrons. The van der Waals surface area contributed by atoms with Crippen molar-refractivity contribution in [2.24, 2.45) is 5.73 Å². The molecule has 0 heterocycles. The van der Waals surface area contributed by atoms with Crippen molar-refractivity contribution in [3.8, 4) is 0 Å². The number of hydrogen-bond acceptors (Lipinski definition) is 2. The van der Waals surface area contributed by atoms with E-state index in [0.717, 1.165) is 6.42 Å². The summed E-state index contributed by atoms with van der Waals surface area (Å²) in [6.45, 7) is 4.40. The number of nitrogens with two attached hydrogens (primary N) is 1. The summed E-state index contributed by atoms with van der Waals surface area (Å²) in [5.74, 6) is 0. The highest BCUT2D eigenvalue weighted by Crippen LogP contribution is 2.30. The van der Waals surface area contributed by atoms with Gasteiger partial charge >= 0.3 is 0 Å². The molecule has 15 heavy (non-hydrogen) atoms. The third-order valence-electron chi connectivity index (χ3n) is 3.57. The van der Waals surface area contributed by atoms with E-state index in [1.807, 2.05) is 18.2 Å². The standard InChI is InChI=1S/C13H22N2/c1-5-13(2,15(3)4)12(14)11-9-7-6-8-10-11/h6-10,12H,5,14H2,1-4H3. The number of rotatable bonds is 4. The molecule has 0 spiro atoms. The second-order valence-electron chi connectivity index (χ2n) is 4.49. The molecule has 2 heteroatoms. The fraction of sp³-hybridized carbons (Fsp3) is 0.538. The van der Waals surface area contributed by atoms with E-state index in [-0.39, 0.29) is 11.6 Å². The van der Waals surface area contributed by atoms with Gasteiger partial charge in [0, 0.05) is 11.6 Å². The van der Waals surface area contributed by atoms with Gasteiger partial charge in [0.05, 0.1) is 0 Å². The molecule has 2 atom stereocenters. The van der Waals surface area contributed by atoms with Gasteiger partial charge in [-0.05, 0) is 33.0 Å². The molecule has 0 saturated heterocycles. The minimum atomic E-state index is 0.0152. The van der Waals surface area contributed by atoms with Gasteiger partial charge in [0.15, 0.2) is 0 Å². The molecule has 2 unspecified atom stereocenters. The molecule has 0 aliphatic carbocycles. The van der Waals surface area contributed by atoms with E-state index in [2.05, 4.69) is 45.0 Å². The highest BCUT2D eigenvalue weighted by molar-refractivity contribution is 5.22. The van der Waals surface area contributed by atoms with Gasteiger partial charge in [0.2, 0.25) is 0 Å². The molecule has 0 bridgehead atoms. The van der Waals surface area contributed by atoms with E-state index in [0.29, 0.717) is 0 Å². The van der Waals surface area contributed by atoms with Gasteiger partial charge in [-0.3, -0.25) is 0 Å². The minimum Gasteiger partial charge on any atom is -0.322 e. The van der Waals surface area contributed by atoms with Gasteiger partial charge < -0.3 is 10.6 Å². The third-order valence-corrected chi connectivity index (χ3v) is 3.57. The summed E-state index contributed by atoms with van der Waals surface area (Å²) in [6, 6.07) is 10.4. The lowest BCUT2D eigenvalue weighted by molar-refractivity contribution is 0.132. The number of hydrogen-bond donors (Lipinski definition) is 1. The summed E-state index contributed by atoms with van der Waals surface area (Å²) in [4.78, 5) is 2.21. The van der Waals surface area contributed by atoms with Crippen LogP contribution in [0, 0.1) is 0 Å². The maximum absolute atomic E-state index is 6.34. The van der Waals surface area contributed by atoms with Crippen LogP contribution in [0.3, 0.4) is 0 Å². The van der Waals surface area contributed by atoms with Gasteiger partial charge in [0.1, 0.15) is 0 Å². The fourth-order valence-electron chi connectivity index (χ4n) is 1.83. The van der Waals surface area contributed by atoms with Crippen molar-refractivity contribution >= 4 is 0 Å². The highest BCUT2D eigenvalue weighted by Gasteiger charge is 2.32. The molecule has 1 aromatic carbocycles. The molecule has 0 saturated carbocycles. The van der Waals surface area contributed by atoms with E-state index >= 15 is 0 Å². The van der Waals surface area contributed by atoms with Crippen molar-refractivity contribution in [3.63, 3.8) is 0 Å². The van der Waals surface area contributed by atoms with E-state index in [1.165, 1.54) is 5.56 Å². The molecule has 0 radical (unpaired) electrons. The first-order valence-corrected chi connectivity index (χ1v) is 5.50. The SMILES string of the molecule is CCC(C)(C(N)c1ccccc1)N(C)C. The topological polar surface area (TPSA) is 29.3 Å². The summed E-state index contributed by atoms with van der Waals surface area (Å²) >= 11 is 0. The zero-order valence-corrected chi connectivity index (χ0v) is 10.2. The molecule has 0 fully saturated rings. The van der Waals surface area contributed by atoms with Gasteiger partial charge in [-0.15, -0.1) is 0 Å². The molecule has 1 rings (SSSR count). The summed E-state index contributed by atoms with van der Waals surface area (Å²) < 4.78 is 0. The van der Waals surface area contributed by atoms with Crippen LogP contribution in [0.4, 0.5) is 0 Å². The average Bonchev–Trinajstić information content (AvgIpc) is 2.28. The smallest absolute Gasteiger partial charge is 0.0479 e. The third kappa shape index (κ3) is 2.39. The monoisotopic (exact) mass is 206 g/mol. The van der Waals surface area contributed by atoms with Crippen molar-refractivity contribution < 1.29 is 0 Å². The van der Waals surface area contributed by atoms with Crippen LogP contribution >= 0.6 is 0 Å². The Kier molecular flexibility index (Phi) is 3.89. The number of nitrogens with zero attached hydrogens (tertiary/aromatic N) is 1. The number of likely N-dealkylation sites (N-methyl/N-ethyl adjacent to an activating group) is 1. The van der Waals surface area contributed by atoms with E-state index < -0.39 is 0 Å². The molecule has 0 aromatic heterocycles. The number of benzene rings is 1. The van der Waals surface area contributed by atoms with Crippen molar-refractivity contribution in [1.82, 2.24) is 4.90 Å². The second kappa shape index (κ2) is 4.77. The van der Waals surface area contributed by atoms with Crippen LogP contribution in [0.2, 0.25) is 0 Å². The predicted octanol–water partition coefficient (Wildman–Crippen LogP) is 2.42. The van der Waals surface area contributed by atoms with Crippen molar-refractivity contribution in [3.05, 3.63) is 35.9 Å². The van der Waals surface area contributed by atoms with Crippen LogP contribution < -0.4 is 5.73 Å². The lowest BCUT2D eigenvalue weighted by atomic mass is 9.84. The van der Waals surface area contributed by atoms with Gasteiger partial charge in [0.25, 0.3) is 0 Å². The fourth-order valence-corrected chi connectivity index (χ4v) is 1.83. The summed E-state index contributed by atoms with van der Waals surface area (Å²) in [5, 5.41) is 0. The molecule has 0 amide bonds. The zero-order chi connectivity index (χ0) is 11.5. The lowest BCUT2D eigenvalue weighted by Crippen LogP contribution is -2.49. The van der Waals surface area contributed by atoms with Crippen LogP contribution in [0.1, 0.15) is 31.9 Å². The van der Waals surface area contributed by atoms with Crippen molar-refractivity contribution in [1.29, 1.82) is 0 Å². The minimum absolute atomic E-state index is 0.0152. The van der Waals surface area contributed by atoms with E-state index in [1.54, 1.807) is 0 Å². The quantitative estimate of drug-likeness (QED) is 0.819. The lowest BCUT2D eigenvalue weighted by Gasteiger charge is -2.41.